The molecule has 1 fully saturated rings. The molecule has 0 bridgehead atoms. The molecular formula is C16H17FN2O. The molecule has 104 valence electrons. The average molecular weight is 272 g/mol. The van der Waals surface area contributed by atoms with E-state index < -0.39 is 5.95 Å². The zero-order valence-electron chi connectivity index (χ0n) is 11.3. The standard InChI is InChI=1S/C16H17FN2O/c1-20-14-5-2-4-11(10-14)12-8-13(9-12)18-16-7-3-6-15(17)19-16/h2-7,10,12-13H,8-9H2,1H3,(H,18,19). The van der Waals surface area contributed by atoms with Crippen LogP contribution in [-0.4, -0.2) is 18.1 Å². The third kappa shape index (κ3) is 2.74. The van der Waals surface area contributed by atoms with E-state index in [1.54, 1.807) is 19.2 Å². The molecule has 0 spiro atoms. The molecule has 1 aliphatic rings. The van der Waals surface area contributed by atoms with Crippen molar-refractivity contribution >= 4 is 5.82 Å². The monoisotopic (exact) mass is 272 g/mol. The van der Waals surface area contributed by atoms with E-state index in [1.165, 1.54) is 11.6 Å². The molecule has 1 aromatic heterocycles. The van der Waals surface area contributed by atoms with Gasteiger partial charge in [-0.2, -0.15) is 4.39 Å². The largest absolute Gasteiger partial charge is 0.497 e. The van der Waals surface area contributed by atoms with E-state index in [-0.39, 0.29) is 0 Å². The summed E-state index contributed by atoms with van der Waals surface area (Å²) < 4.78 is 18.2. The minimum Gasteiger partial charge on any atom is -0.497 e. The molecule has 0 amide bonds. The number of methoxy groups -OCH3 is 1. The van der Waals surface area contributed by atoms with Gasteiger partial charge in [0.05, 0.1) is 7.11 Å². The molecule has 1 aliphatic carbocycles. The Balaban J connectivity index is 1.58. The highest BCUT2D eigenvalue weighted by Gasteiger charge is 2.30. The number of rotatable bonds is 4. The van der Waals surface area contributed by atoms with Gasteiger partial charge in [0.1, 0.15) is 11.6 Å². The third-order valence-electron chi connectivity index (χ3n) is 3.77. The number of nitrogens with zero attached hydrogens (tertiary/aromatic N) is 1. The lowest BCUT2D eigenvalue weighted by atomic mass is 9.76. The normalized spacial score (nSPS) is 21.1. The molecule has 1 heterocycles. The fraction of sp³-hybridized carbons (Fsp3) is 0.312. The Morgan fingerprint density at radius 2 is 2.00 bits per heavy atom. The smallest absolute Gasteiger partial charge is 0.214 e. The van der Waals surface area contributed by atoms with Crippen molar-refractivity contribution in [2.24, 2.45) is 0 Å². The van der Waals surface area contributed by atoms with Crippen LogP contribution in [0.3, 0.4) is 0 Å². The van der Waals surface area contributed by atoms with Crippen molar-refractivity contribution in [1.29, 1.82) is 0 Å². The van der Waals surface area contributed by atoms with Crippen molar-refractivity contribution in [3.8, 4) is 5.75 Å². The summed E-state index contributed by atoms with van der Waals surface area (Å²) in [5, 5.41) is 3.27. The van der Waals surface area contributed by atoms with Crippen LogP contribution in [0, 0.1) is 5.95 Å². The van der Waals surface area contributed by atoms with E-state index in [2.05, 4.69) is 22.4 Å². The van der Waals surface area contributed by atoms with Crippen LogP contribution in [0.2, 0.25) is 0 Å². The summed E-state index contributed by atoms with van der Waals surface area (Å²) in [6.07, 6.45) is 2.07. The molecule has 20 heavy (non-hydrogen) atoms. The maximum atomic E-state index is 13.0. The van der Waals surface area contributed by atoms with Crippen LogP contribution in [0.5, 0.6) is 5.75 Å². The predicted molar refractivity (Wildman–Crippen MR) is 76.6 cm³/mol. The topological polar surface area (TPSA) is 34.1 Å². The minimum atomic E-state index is -0.446. The van der Waals surface area contributed by atoms with Crippen LogP contribution >= 0.6 is 0 Å². The number of hydrogen-bond acceptors (Lipinski definition) is 3. The lowest BCUT2D eigenvalue weighted by Gasteiger charge is -2.36. The van der Waals surface area contributed by atoms with Crippen LogP contribution in [0.1, 0.15) is 24.3 Å². The van der Waals surface area contributed by atoms with Crippen molar-refractivity contribution in [3.63, 3.8) is 0 Å². The van der Waals surface area contributed by atoms with Crippen LogP contribution in [0.15, 0.2) is 42.5 Å². The maximum Gasteiger partial charge on any atom is 0.214 e. The van der Waals surface area contributed by atoms with E-state index in [0.717, 1.165) is 18.6 Å². The van der Waals surface area contributed by atoms with Gasteiger partial charge >= 0.3 is 0 Å². The molecule has 0 aliphatic heterocycles. The molecule has 0 unspecified atom stereocenters. The zero-order valence-corrected chi connectivity index (χ0v) is 11.3. The average Bonchev–Trinajstić information content (AvgIpc) is 2.42. The second-order valence-corrected chi connectivity index (χ2v) is 5.13. The molecule has 0 saturated heterocycles. The van der Waals surface area contributed by atoms with E-state index in [1.807, 2.05) is 12.1 Å². The fourth-order valence-corrected chi connectivity index (χ4v) is 2.60. The maximum absolute atomic E-state index is 13.0. The van der Waals surface area contributed by atoms with Crippen LogP contribution in [-0.2, 0) is 0 Å². The van der Waals surface area contributed by atoms with E-state index >= 15 is 0 Å². The molecular weight excluding hydrogens is 255 g/mol. The van der Waals surface area contributed by atoms with Gasteiger partial charge in [0.2, 0.25) is 5.95 Å². The van der Waals surface area contributed by atoms with Gasteiger partial charge in [-0.15, -0.1) is 0 Å². The van der Waals surface area contributed by atoms with Gasteiger partial charge in [-0.25, -0.2) is 4.98 Å². The first-order valence-electron chi connectivity index (χ1n) is 6.77. The van der Waals surface area contributed by atoms with Gasteiger partial charge in [0.25, 0.3) is 0 Å². The first-order chi connectivity index (χ1) is 9.74. The number of aromatic nitrogens is 1. The third-order valence-corrected chi connectivity index (χ3v) is 3.77. The summed E-state index contributed by atoms with van der Waals surface area (Å²) in [5.74, 6) is 1.60. The number of pyridine rings is 1. The molecule has 2 aromatic rings. The Bertz CT molecular complexity index is 597. The van der Waals surface area contributed by atoms with Crippen LogP contribution < -0.4 is 10.1 Å². The summed E-state index contributed by atoms with van der Waals surface area (Å²) in [5.41, 5.74) is 1.30. The quantitative estimate of drug-likeness (QED) is 0.864. The molecule has 1 aromatic carbocycles. The summed E-state index contributed by atoms with van der Waals surface area (Å²) in [6.45, 7) is 0. The summed E-state index contributed by atoms with van der Waals surface area (Å²) in [7, 11) is 1.68. The lowest BCUT2D eigenvalue weighted by Crippen LogP contribution is -2.34. The highest BCUT2D eigenvalue weighted by atomic mass is 19.1. The van der Waals surface area contributed by atoms with Crippen LogP contribution in [0.4, 0.5) is 10.2 Å². The van der Waals surface area contributed by atoms with Crippen molar-refractivity contribution in [2.75, 3.05) is 12.4 Å². The minimum absolute atomic E-state index is 0.362. The van der Waals surface area contributed by atoms with Gasteiger partial charge in [-0.3, -0.25) is 0 Å². The number of ether oxygens (including phenoxy) is 1. The molecule has 0 atom stereocenters. The highest BCUT2D eigenvalue weighted by molar-refractivity contribution is 5.38. The first kappa shape index (κ1) is 12.9. The first-order valence-corrected chi connectivity index (χ1v) is 6.77. The number of benzene rings is 1. The van der Waals surface area contributed by atoms with Crippen molar-refractivity contribution in [3.05, 3.63) is 54.0 Å². The van der Waals surface area contributed by atoms with Crippen molar-refractivity contribution in [2.45, 2.75) is 24.8 Å². The number of halogens is 1. The van der Waals surface area contributed by atoms with E-state index in [4.69, 9.17) is 4.74 Å². The Morgan fingerprint density at radius 1 is 1.20 bits per heavy atom. The van der Waals surface area contributed by atoms with E-state index in [9.17, 15) is 4.39 Å². The SMILES string of the molecule is COc1cccc(C2CC(Nc3cccc(F)n3)C2)c1. The Kier molecular flexibility index (Phi) is 3.54. The molecule has 4 heteroatoms. The second kappa shape index (κ2) is 5.49. The van der Waals surface area contributed by atoms with Gasteiger partial charge in [0.15, 0.2) is 0 Å². The molecule has 0 radical (unpaired) electrons. The number of hydrogen-bond donors (Lipinski definition) is 1. The fourth-order valence-electron chi connectivity index (χ4n) is 2.60. The van der Waals surface area contributed by atoms with E-state index in [0.29, 0.717) is 17.8 Å². The predicted octanol–water partition coefficient (Wildman–Crippen LogP) is 3.59. The van der Waals surface area contributed by atoms with Gasteiger partial charge in [-0.05, 0) is 48.6 Å². The van der Waals surface area contributed by atoms with Gasteiger partial charge in [-0.1, -0.05) is 18.2 Å². The Labute approximate surface area is 117 Å². The molecule has 3 nitrogen and oxygen atoms in total. The van der Waals surface area contributed by atoms with Crippen molar-refractivity contribution in [1.82, 2.24) is 4.98 Å². The Hall–Kier alpha value is -2.10. The zero-order chi connectivity index (χ0) is 13.9. The molecule has 3 rings (SSSR count). The molecule has 1 saturated carbocycles. The number of nitrogens with one attached hydrogen (secondary N) is 1. The summed E-state index contributed by atoms with van der Waals surface area (Å²) in [6, 6.07) is 13.4. The van der Waals surface area contributed by atoms with Crippen LogP contribution in [0.25, 0.3) is 0 Å². The summed E-state index contributed by atoms with van der Waals surface area (Å²) in [4.78, 5) is 3.82. The number of anilines is 1. The van der Waals surface area contributed by atoms with Gasteiger partial charge in [0, 0.05) is 6.04 Å². The van der Waals surface area contributed by atoms with Gasteiger partial charge < -0.3 is 10.1 Å². The summed E-state index contributed by atoms with van der Waals surface area (Å²) >= 11 is 0. The lowest BCUT2D eigenvalue weighted by molar-refractivity contribution is 0.369. The molecule has 1 N–H and O–H groups in total. The second-order valence-electron chi connectivity index (χ2n) is 5.13. The Morgan fingerprint density at radius 3 is 2.75 bits per heavy atom. The highest BCUT2D eigenvalue weighted by Crippen LogP contribution is 2.39. The van der Waals surface area contributed by atoms with Crippen molar-refractivity contribution < 1.29 is 9.13 Å².